The zero-order valence-electron chi connectivity index (χ0n) is 10.5. The van der Waals surface area contributed by atoms with Crippen molar-refractivity contribution < 1.29 is 13.2 Å². The summed E-state index contributed by atoms with van der Waals surface area (Å²) < 4.78 is 37.3. The number of halogens is 3. The van der Waals surface area contributed by atoms with Crippen LogP contribution in [0, 0.1) is 0 Å². The van der Waals surface area contributed by atoms with Crippen molar-refractivity contribution in [1.29, 1.82) is 0 Å². The van der Waals surface area contributed by atoms with Crippen LogP contribution < -0.4 is 5.73 Å². The molecule has 0 spiro atoms. The fourth-order valence-electron chi connectivity index (χ4n) is 2.64. The summed E-state index contributed by atoms with van der Waals surface area (Å²) in [6.45, 7) is 1.91. The zero-order chi connectivity index (χ0) is 12.9. The summed E-state index contributed by atoms with van der Waals surface area (Å²) in [6, 6.07) is 0. The summed E-state index contributed by atoms with van der Waals surface area (Å²) in [4.78, 5) is 1.46. The zero-order valence-corrected chi connectivity index (χ0v) is 10.5. The molecule has 102 valence electrons. The van der Waals surface area contributed by atoms with Crippen LogP contribution in [-0.2, 0) is 0 Å². The first-order chi connectivity index (χ1) is 7.85. The van der Waals surface area contributed by atoms with E-state index < -0.39 is 18.3 Å². The lowest BCUT2D eigenvalue weighted by Gasteiger charge is -2.38. The largest absolute Gasteiger partial charge is 0.401 e. The highest BCUT2D eigenvalue weighted by Crippen LogP contribution is 2.28. The van der Waals surface area contributed by atoms with Crippen LogP contribution in [0.4, 0.5) is 13.2 Å². The predicted octanol–water partition coefficient (Wildman–Crippen LogP) is 2.92. The van der Waals surface area contributed by atoms with Gasteiger partial charge < -0.3 is 5.73 Å². The van der Waals surface area contributed by atoms with Crippen molar-refractivity contribution in [3.05, 3.63) is 0 Å². The van der Waals surface area contributed by atoms with E-state index in [0.717, 1.165) is 38.5 Å². The summed E-state index contributed by atoms with van der Waals surface area (Å²) in [6.07, 6.45) is 1.56. The Morgan fingerprint density at radius 2 is 1.76 bits per heavy atom. The third kappa shape index (κ3) is 5.73. The highest BCUT2D eigenvalue weighted by Gasteiger charge is 2.35. The molecule has 1 rings (SSSR count). The molecule has 0 bridgehead atoms. The molecule has 0 aliphatic heterocycles. The number of nitrogens with two attached hydrogens (primary N) is 1. The van der Waals surface area contributed by atoms with Crippen molar-refractivity contribution in [2.45, 2.75) is 57.2 Å². The van der Waals surface area contributed by atoms with Crippen molar-refractivity contribution >= 4 is 0 Å². The Kier molecular flexibility index (Phi) is 5.25. The molecular weight excluding hydrogens is 229 g/mol. The second-order valence-electron chi connectivity index (χ2n) is 5.25. The number of hydrogen-bond acceptors (Lipinski definition) is 2. The van der Waals surface area contributed by atoms with E-state index in [9.17, 15) is 13.2 Å². The van der Waals surface area contributed by atoms with E-state index in [4.69, 9.17) is 5.73 Å². The minimum absolute atomic E-state index is 0.375. The van der Waals surface area contributed by atoms with Crippen LogP contribution in [0.25, 0.3) is 0 Å². The molecule has 0 atom stereocenters. The molecule has 0 unspecified atom stereocenters. The first-order valence-corrected chi connectivity index (χ1v) is 6.43. The Morgan fingerprint density at radius 1 is 1.18 bits per heavy atom. The minimum atomic E-state index is -4.12. The van der Waals surface area contributed by atoms with E-state index in [0.29, 0.717) is 13.1 Å². The van der Waals surface area contributed by atoms with Gasteiger partial charge in [0.05, 0.1) is 6.54 Å². The molecule has 1 aliphatic carbocycles. The van der Waals surface area contributed by atoms with Gasteiger partial charge in [0, 0.05) is 12.1 Å². The maximum atomic E-state index is 12.4. The number of alkyl halides is 3. The summed E-state index contributed by atoms with van der Waals surface area (Å²) in [5.41, 5.74) is 5.80. The van der Waals surface area contributed by atoms with Crippen molar-refractivity contribution in [1.82, 2.24) is 4.90 Å². The van der Waals surface area contributed by atoms with Crippen LogP contribution in [0.1, 0.15) is 45.4 Å². The molecule has 0 heterocycles. The average Bonchev–Trinajstić information content (AvgIpc) is 2.15. The molecule has 2 N–H and O–H groups in total. The first kappa shape index (κ1) is 14.8. The predicted molar refractivity (Wildman–Crippen MR) is 62.8 cm³/mol. The molecule has 5 heteroatoms. The SMILES string of the molecule is CCCN(CC(F)(F)F)CC1(N)CCCCC1. The monoisotopic (exact) mass is 252 g/mol. The van der Waals surface area contributed by atoms with Gasteiger partial charge in [-0.3, -0.25) is 4.90 Å². The van der Waals surface area contributed by atoms with Crippen LogP contribution in [0.3, 0.4) is 0 Å². The van der Waals surface area contributed by atoms with Gasteiger partial charge in [-0.25, -0.2) is 0 Å². The van der Waals surface area contributed by atoms with E-state index in [1.807, 2.05) is 6.92 Å². The van der Waals surface area contributed by atoms with Crippen LogP contribution in [0.5, 0.6) is 0 Å². The lowest BCUT2D eigenvalue weighted by molar-refractivity contribution is -0.147. The summed E-state index contributed by atoms with van der Waals surface area (Å²) >= 11 is 0. The van der Waals surface area contributed by atoms with Gasteiger partial charge in [-0.15, -0.1) is 0 Å². The molecule has 2 nitrogen and oxygen atoms in total. The number of nitrogens with zero attached hydrogens (tertiary/aromatic N) is 1. The van der Waals surface area contributed by atoms with Crippen LogP contribution in [0.15, 0.2) is 0 Å². The minimum Gasteiger partial charge on any atom is -0.324 e. The highest BCUT2D eigenvalue weighted by molar-refractivity contribution is 4.90. The van der Waals surface area contributed by atoms with Gasteiger partial charge in [-0.2, -0.15) is 13.2 Å². The van der Waals surface area contributed by atoms with Gasteiger partial charge >= 0.3 is 6.18 Å². The van der Waals surface area contributed by atoms with Gasteiger partial charge in [0.15, 0.2) is 0 Å². The molecule has 0 aromatic heterocycles. The van der Waals surface area contributed by atoms with Crippen LogP contribution in [0.2, 0.25) is 0 Å². The quantitative estimate of drug-likeness (QED) is 0.815. The topological polar surface area (TPSA) is 29.3 Å². The molecule has 1 saturated carbocycles. The Morgan fingerprint density at radius 3 is 2.24 bits per heavy atom. The van der Waals surface area contributed by atoms with E-state index in [1.54, 1.807) is 0 Å². The fraction of sp³-hybridized carbons (Fsp3) is 1.00. The molecular formula is C12H23F3N2. The Hall–Kier alpha value is -0.290. The smallest absolute Gasteiger partial charge is 0.324 e. The Labute approximate surface area is 101 Å². The molecule has 0 saturated heterocycles. The average molecular weight is 252 g/mol. The molecule has 0 aromatic carbocycles. The summed E-state index contributed by atoms with van der Waals surface area (Å²) in [7, 11) is 0. The van der Waals surface area contributed by atoms with Gasteiger partial charge in [0.25, 0.3) is 0 Å². The molecule has 0 radical (unpaired) electrons. The molecule has 0 aromatic rings. The Balaban J connectivity index is 2.52. The van der Waals surface area contributed by atoms with Gasteiger partial charge in [0.2, 0.25) is 0 Å². The maximum Gasteiger partial charge on any atom is 0.401 e. The van der Waals surface area contributed by atoms with Crippen molar-refractivity contribution in [2.24, 2.45) is 5.73 Å². The second-order valence-corrected chi connectivity index (χ2v) is 5.25. The van der Waals surface area contributed by atoms with E-state index in [1.165, 1.54) is 4.90 Å². The number of hydrogen-bond donors (Lipinski definition) is 1. The lowest BCUT2D eigenvalue weighted by Crippen LogP contribution is -2.53. The summed E-state index contributed by atoms with van der Waals surface area (Å²) in [5, 5.41) is 0. The lowest BCUT2D eigenvalue weighted by atomic mass is 9.82. The van der Waals surface area contributed by atoms with Crippen molar-refractivity contribution in [2.75, 3.05) is 19.6 Å². The fourth-order valence-corrected chi connectivity index (χ4v) is 2.64. The maximum absolute atomic E-state index is 12.4. The van der Waals surface area contributed by atoms with Crippen molar-refractivity contribution in [3.8, 4) is 0 Å². The van der Waals surface area contributed by atoms with Gasteiger partial charge in [0.1, 0.15) is 0 Å². The molecule has 17 heavy (non-hydrogen) atoms. The molecule has 0 amide bonds. The molecule has 1 fully saturated rings. The van der Waals surface area contributed by atoms with Gasteiger partial charge in [-0.05, 0) is 25.8 Å². The second kappa shape index (κ2) is 6.05. The van der Waals surface area contributed by atoms with Crippen molar-refractivity contribution in [3.63, 3.8) is 0 Å². The molecule has 1 aliphatic rings. The van der Waals surface area contributed by atoms with Crippen LogP contribution in [-0.4, -0.2) is 36.2 Å². The number of rotatable bonds is 5. The standard InChI is InChI=1S/C12H23F3N2/c1-2-8-17(10-12(13,14)15)9-11(16)6-4-3-5-7-11/h2-10,16H2,1H3. The van der Waals surface area contributed by atoms with Gasteiger partial charge in [-0.1, -0.05) is 26.2 Å². The van der Waals surface area contributed by atoms with E-state index >= 15 is 0 Å². The third-order valence-corrected chi connectivity index (χ3v) is 3.33. The highest BCUT2D eigenvalue weighted by atomic mass is 19.4. The first-order valence-electron chi connectivity index (χ1n) is 6.43. The normalized spacial score (nSPS) is 20.8. The Bertz CT molecular complexity index is 222. The van der Waals surface area contributed by atoms with Crippen LogP contribution >= 0.6 is 0 Å². The third-order valence-electron chi connectivity index (χ3n) is 3.33. The van der Waals surface area contributed by atoms with E-state index in [-0.39, 0.29) is 0 Å². The van der Waals surface area contributed by atoms with E-state index in [2.05, 4.69) is 0 Å². The summed E-state index contributed by atoms with van der Waals surface area (Å²) in [5.74, 6) is 0.